The molecule has 0 rings (SSSR count). The Morgan fingerprint density at radius 1 is 1.28 bits per heavy atom. The lowest BCUT2D eigenvalue weighted by molar-refractivity contribution is -0.146. The van der Waals surface area contributed by atoms with Gasteiger partial charge in [0.05, 0.1) is 6.61 Å². The molecule has 0 saturated heterocycles. The van der Waals surface area contributed by atoms with E-state index in [9.17, 15) is 14.4 Å². The van der Waals surface area contributed by atoms with Crippen molar-refractivity contribution in [2.45, 2.75) is 40.7 Å². The van der Waals surface area contributed by atoms with Crippen LogP contribution in [-0.4, -0.2) is 35.4 Å². The van der Waals surface area contributed by atoms with Crippen molar-refractivity contribution in [3.8, 4) is 0 Å². The summed E-state index contributed by atoms with van der Waals surface area (Å²) in [6.07, 6.45) is 0. The minimum atomic E-state index is -0.779. The zero-order valence-corrected chi connectivity index (χ0v) is 12.3. The van der Waals surface area contributed by atoms with E-state index in [0.717, 1.165) is 11.8 Å². The van der Waals surface area contributed by atoms with Crippen LogP contribution in [0.4, 0.5) is 0 Å². The monoisotopic (exact) mass is 275 g/mol. The molecular formula is C12H21NO4S. The molecule has 0 saturated carbocycles. The van der Waals surface area contributed by atoms with Crippen molar-refractivity contribution in [1.82, 2.24) is 5.32 Å². The van der Waals surface area contributed by atoms with E-state index in [4.69, 9.17) is 4.74 Å². The highest BCUT2D eigenvalue weighted by atomic mass is 32.2. The van der Waals surface area contributed by atoms with E-state index in [2.05, 4.69) is 5.32 Å². The molecule has 0 aromatic carbocycles. The third kappa shape index (κ3) is 6.64. The minimum absolute atomic E-state index is 0.0258. The predicted octanol–water partition coefficient (Wildman–Crippen LogP) is 1.36. The van der Waals surface area contributed by atoms with Crippen molar-refractivity contribution >= 4 is 28.8 Å². The Bertz CT molecular complexity index is 323. The summed E-state index contributed by atoms with van der Waals surface area (Å²) in [6, 6.07) is -0.779. The number of hydrogen-bond acceptors (Lipinski definition) is 5. The molecule has 0 aliphatic carbocycles. The van der Waals surface area contributed by atoms with Crippen molar-refractivity contribution in [3.05, 3.63) is 0 Å². The second-order valence-corrected chi connectivity index (χ2v) is 5.85. The third-order valence-electron chi connectivity index (χ3n) is 1.94. The number of amides is 1. The maximum absolute atomic E-state index is 11.7. The van der Waals surface area contributed by atoms with Crippen LogP contribution in [0.15, 0.2) is 0 Å². The Labute approximate surface area is 112 Å². The first kappa shape index (κ1) is 17.0. The largest absolute Gasteiger partial charge is 0.464 e. The van der Waals surface area contributed by atoms with Gasteiger partial charge in [-0.25, -0.2) is 4.79 Å². The van der Waals surface area contributed by atoms with Crippen LogP contribution in [0.3, 0.4) is 0 Å². The van der Waals surface area contributed by atoms with E-state index in [0.29, 0.717) is 0 Å². The second kappa shape index (κ2) is 7.41. The van der Waals surface area contributed by atoms with Crippen molar-refractivity contribution in [2.75, 3.05) is 12.4 Å². The molecule has 18 heavy (non-hydrogen) atoms. The highest BCUT2D eigenvalue weighted by molar-refractivity contribution is 8.13. The molecule has 0 spiro atoms. The fraction of sp³-hybridized carbons (Fsp3) is 0.750. The van der Waals surface area contributed by atoms with Gasteiger partial charge in [-0.3, -0.25) is 9.59 Å². The first-order valence-corrected chi connectivity index (χ1v) is 6.78. The molecule has 104 valence electrons. The summed E-state index contributed by atoms with van der Waals surface area (Å²) in [5.41, 5.74) is -0.472. The van der Waals surface area contributed by atoms with Crippen LogP contribution in [0.1, 0.15) is 34.6 Å². The van der Waals surface area contributed by atoms with Crippen LogP contribution in [0.5, 0.6) is 0 Å². The summed E-state index contributed by atoms with van der Waals surface area (Å²) >= 11 is 1.03. The smallest absolute Gasteiger partial charge is 0.329 e. The molecule has 0 heterocycles. The Kier molecular flexibility index (Phi) is 6.98. The Morgan fingerprint density at radius 3 is 2.22 bits per heavy atom. The number of esters is 1. The lowest BCUT2D eigenvalue weighted by Gasteiger charge is -2.19. The molecule has 1 atom stereocenters. The van der Waals surface area contributed by atoms with Gasteiger partial charge in [-0.15, -0.1) is 0 Å². The van der Waals surface area contributed by atoms with Gasteiger partial charge in [0.25, 0.3) is 0 Å². The zero-order valence-electron chi connectivity index (χ0n) is 11.5. The first-order valence-electron chi connectivity index (χ1n) is 5.79. The van der Waals surface area contributed by atoms with Crippen LogP contribution >= 0.6 is 11.8 Å². The van der Waals surface area contributed by atoms with Crippen molar-refractivity contribution in [2.24, 2.45) is 5.41 Å². The molecule has 0 aromatic rings. The van der Waals surface area contributed by atoms with Gasteiger partial charge in [0.1, 0.15) is 6.04 Å². The molecule has 1 amide bonds. The summed E-state index contributed by atoms with van der Waals surface area (Å²) in [6.45, 7) is 8.67. The predicted molar refractivity (Wildman–Crippen MR) is 71.2 cm³/mol. The van der Waals surface area contributed by atoms with Crippen molar-refractivity contribution in [1.29, 1.82) is 0 Å². The number of hydrogen-bond donors (Lipinski definition) is 1. The average Bonchev–Trinajstić information content (AvgIpc) is 2.22. The lowest BCUT2D eigenvalue weighted by atomic mass is 10.00. The quantitative estimate of drug-likeness (QED) is 0.767. The van der Waals surface area contributed by atoms with Crippen LogP contribution in [-0.2, 0) is 19.1 Å². The van der Waals surface area contributed by atoms with Crippen LogP contribution in [0, 0.1) is 5.41 Å². The molecule has 5 nitrogen and oxygen atoms in total. The highest BCUT2D eigenvalue weighted by Gasteiger charge is 2.26. The Hall–Kier alpha value is -1.04. The van der Waals surface area contributed by atoms with Crippen LogP contribution in [0.2, 0.25) is 0 Å². The van der Waals surface area contributed by atoms with Gasteiger partial charge in [0.15, 0.2) is 5.12 Å². The lowest BCUT2D eigenvalue weighted by Crippen LogP contribution is -2.43. The molecule has 0 aliphatic heterocycles. The summed E-state index contributed by atoms with van der Waals surface area (Å²) in [5.74, 6) is -0.645. The maximum Gasteiger partial charge on any atom is 0.329 e. The zero-order chi connectivity index (χ0) is 14.3. The van der Waals surface area contributed by atoms with E-state index in [1.54, 1.807) is 27.7 Å². The fourth-order valence-electron chi connectivity index (χ4n) is 1.03. The topological polar surface area (TPSA) is 72.5 Å². The van der Waals surface area contributed by atoms with Gasteiger partial charge < -0.3 is 10.1 Å². The number of carbonyl (C=O) groups excluding carboxylic acids is 3. The number of nitrogens with one attached hydrogen (secondary N) is 1. The van der Waals surface area contributed by atoms with Gasteiger partial charge >= 0.3 is 5.97 Å². The van der Waals surface area contributed by atoms with E-state index < -0.39 is 17.4 Å². The van der Waals surface area contributed by atoms with Crippen molar-refractivity contribution < 1.29 is 19.1 Å². The fourth-order valence-corrected chi connectivity index (χ4v) is 2.00. The van der Waals surface area contributed by atoms with E-state index >= 15 is 0 Å². The normalized spacial score (nSPS) is 12.7. The molecule has 0 unspecified atom stereocenters. The summed E-state index contributed by atoms with van der Waals surface area (Å²) in [5, 5.41) is 2.46. The number of ether oxygens (including phenoxy) is 1. The van der Waals surface area contributed by atoms with Crippen LogP contribution < -0.4 is 5.32 Å². The molecule has 0 radical (unpaired) electrons. The number of rotatable bonds is 5. The third-order valence-corrected chi connectivity index (χ3v) is 3.32. The van der Waals surface area contributed by atoms with E-state index in [-0.39, 0.29) is 23.4 Å². The van der Waals surface area contributed by atoms with Gasteiger partial charge in [-0.1, -0.05) is 32.5 Å². The average molecular weight is 275 g/mol. The molecule has 0 aromatic heterocycles. The highest BCUT2D eigenvalue weighted by Crippen LogP contribution is 2.23. The van der Waals surface area contributed by atoms with Gasteiger partial charge in [-0.05, 0) is 6.92 Å². The number of thioether (sulfide) groups is 1. The van der Waals surface area contributed by atoms with Crippen LogP contribution in [0.25, 0.3) is 0 Å². The standard InChI is InChI=1S/C12H21NO4S/c1-6-17-10(15)9(13-8(2)14)7-18-11(16)12(3,4)5/h9H,6-7H2,1-5H3,(H,13,14)/t9-/m0/s1. The minimum Gasteiger partial charge on any atom is -0.464 e. The van der Waals surface area contributed by atoms with Gasteiger partial charge in [0.2, 0.25) is 5.91 Å². The first-order chi connectivity index (χ1) is 8.18. The van der Waals surface area contributed by atoms with Gasteiger partial charge in [0, 0.05) is 18.1 Å². The summed E-state index contributed by atoms with van der Waals surface area (Å²) in [7, 11) is 0. The number of carbonyl (C=O) groups is 3. The van der Waals surface area contributed by atoms with Gasteiger partial charge in [-0.2, -0.15) is 0 Å². The second-order valence-electron chi connectivity index (χ2n) is 4.85. The van der Waals surface area contributed by atoms with Crippen molar-refractivity contribution in [3.63, 3.8) is 0 Å². The summed E-state index contributed by atoms with van der Waals surface area (Å²) in [4.78, 5) is 34.3. The molecule has 1 N–H and O–H groups in total. The summed E-state index contributed by atoms with van der Waals surface area (Å²) < 4.78 is 4.84. The molecule has 0 aliphatic rings. The molecule has 0 fully saturated rings. The molecule has 6 heteroatoms. The van der Waals surface area contributed by atoms with E-state index in [1.165, 1.54) is 6.92 Å². The molecular weight excluding hydrogens is 254 g/mol. The van der Waals surface area contributed by atoms with E-state index in [1.807, 2.05) is 0 Å². The SMILES string of the molecule is CCOC(=O)[C@H](CSC(=O)C(C)(C)C)NC(C)=O. The Balaban J connectivity index is 4.47. The molecule has 0 bridgehead atoms. The maximum atomic E-state index is 11.7. The Morgan fingerprint density at radius 2 is 1.83 bits per heavy atom.